The Labute approximate surface area is 83.0 Å². The highest BCUT2D eigenvalue weighted by Crippen LogP contribution is 2.39. The van der Waals surface area contributed by atoms with Crippen LogP contribution in [-0.2, 0) is 5.41 Å². The largest absolute Gasteiger partial charge is 0.197 e. The van der Waals surface area contributed by atoms with Gasteiger partial charge in [-0.1, -0.05) is 19.3 Å². The molecule has 0 unspecified atom stereocenters. The second-order valence-corrected chi connectivity index (χ2v) is 4.55. The third-order valence-electron chi connectivity index (χ3n) is 2.99. The van der Waals surface area contributed by atoms with Crippen molar-refractivity contribution in [3.8, 4) is 6.07 Å². The average molecular weight is 191 g/mol. The molecule has 0 saturated heterocycles. The van der Waals surface area contributed by atoms with Crippen LogP contribution in [0.1, 0.15) is 37.7 Å². The van der Waals surface area contributed by atoms with Gasteiger partial charge in [-0.05, 0) is 35.2 Å². The topological polar surface area (TPSA) is 23.8 Å². The molecule has 1 heterocycles. The molecule has 1 saturated carbocycles. The number of thiophene rings is 1. The quantitative estimate of drug-likeness (QED) is 0.666. The van der Waals surface area contributed by atoms with Crippen molar-refractivity contribution in [2.24, 2.45) is 0 Å². The van der Waals surface area contributed by atoms with E-state index in [0.717, 1.165) is 12.8 Å². The molecule has 1 aliphatic carbocycles. The Balaban J connectivity index is 2.30. The molecule has 1 nitrogen and oxygen atoms in total. The molecular formula is C11H13NS. The van der Waals surface area contributed by atoms with Gasteiger partial charge in [0, 0.05) is 0 Å². The van der Waals surface area contributed by atoms with Gasteiger partial charge in [0.05, 0.1) is 11.5 Å². The van der Waals surface area contributed by atoms with Crippen molar-refractivity contribution in [2.45, 2.75) is 37.5 Å². The first-order valence-electron chi connectivity index (χ1n) is 4.81. The first-order chi connectivity index (χ1) is 6.37. The summed E-state index contributed by atoms with van der Waals surface area (Å²) in [6.07, 6.45) is 5.83. The maximum atomic E-state index is 9.27. The normalized spacial score (nSPS) is 20.8. The lowest BCUT2D eigenvalue weighted by Crippen LogP contribution is -2.26. The molecule has 1 aromatic rings. The lowest BCUT2D eigenvalue weighted by molar-refractivity contribution is 0.367. The molecule has 0 aromatic carbocycles. The van der Waals surface area contributed by atoms with E-state index in [1.807, 2.05) is 0 Å². The summed E-state index contributed by atoms with van der Waals surface area (Å²) in [5.41, 5.74) is 1.11. The van der Waals surface area contributed by atoms with Gasteiger partial charge in [-0.15, -0.1) is 0 Å². The van der Waals surface area contributed by atoms with Crippen LogP contribution in [0.15, 0.2) is 16.8 Å². The smallest absolute Gasteiger partial charge is 0.0830 e. The van der Waals surface area contributed by atoms with Gasteiger partial charge in [-0.2, -0.15) is 16.6 Å². The summed E-state index contributed by atoms with van der Waals surface area (Å²) >= 11 is 1.70. The molecule has 0 bridgehead atoms. The first-order valence-corrected chi connectivity index (χ1v) is 5.76. The molecule has 0 N–H and O–H groups in total. The molecule has 13 heavy (non-hydrogen) atoms. The Kier molecular flexibility index (Phi) is 2.37. The van der Waals surface area contributed by atoms with Gasteiger partial charge in [0.25, 0.3) is 0 Å². The maximum absolute atomic E-state index is 9.27. The molecule has 2 heteroatoms. The maximum Gasteiger partial charge on any atom is 0.0830 e. The zero-order valence-corrected chi connectivity index (χ0v) is 8.44. The van der Waals surface area contributed by atoms with Gasteiger partial charge in [-0.25, -0.2) is 0 Å². The van der Waals surface area contributed by atoms with Crippen LogP contribution >= 0.6 is 11.3 Å². The predicted molar refractivity (Wildman–Crippen MR) is 54.7 cm³/mol. The van der Waals surface area contributed by atoms with Crippen molar-refractivity contribution in [1.29, 1.82) is 5.26 Å². The minimum Gasteiger partial charge on any atom is -0.197 e. The lowest BCUT2D eigenvalue weighted by atomic mass is 9.71. The Bertz CT molecular complexity index is 301. The summed E-state index contributed by atoms with van der Waals surface area (Å²) in [5, 5.41) is 13.5. The molecule has 0 atom stereocenters. The molecule has 0 aliphatic heterocycles. The van der Waals surface area contributed by atoms with Crippen LogP contribution in [0.5, 0.6) is 0 Å². The van der Waals surface area contributed by atoms with Crippen molar-refractivity contribution >= 4 is 11.3 Å². The van der Waals surface area contributed by atoms with Crippen molar-refractivity contribution in [3.05, 3.63) is 22.4 Å². The highest BCUT2D eigenvalue weighted by atomic mass is 32.1. The van der Waals surface area contributed by atoms with Gasteiger partial charge < -0.3 is 0 Å². The van der Waals surface area contributed by atoms with Crippen molar-refractivity contribution in [3.63, 3.8) is 0 Å². The van der Waals surface area contributed by atoms with E-state index in [0.29, 0.717) is 0 Å². The van der Waals surface area contributed by atoms with Crippen LogP contribution in [0.4, 0.5) is 0 Å². The van der Waals surface area contributed by atoms with E-state index in [9.17, 15) is 5.26 Å². The van der Waals surface area contributed by atoms with E-state index < -0.39 is 0 Å². The fraction of sp³-hybridized carbons (Fsp3) is 0.545. The Morgan fingerprint density at radius 1 is 1.31 bits per heavy atom. The number of nitriles is 1. The first kappa shape index (κ1) is 8.77. The number of nitrogens with zero attached hydrogens (tertiary/aromatic N) is 1. The summed E-state index contributed by atoms with van der Waals surface area (Å²) in [6, 6.07) is 4.64. The van der Waals surface area contributed by atoms with Crippen molar-refractivity contribution in [2.75, 3.05) is 0 Å². The molecule has 0 spiro atoms. The van der Waals surface area contributed by atoms with Crippen LogP contribution in [0.2, 0.25) is 0 Å². The summed E-state index contributed by atoms with van der Waals surface area (Å²) in [5.74, 6) is 0. The van der Waals surface area contributed by atoms with Gasteiger partial charge in [-0.3, -0.25) is 0 Å². The SMILES string of the molecule is N#CC1(c2ccsc2)CCCCC1. The monoisotopic (exact) mass is 191 g/mol. The zero-order chi connectivity index (χ0) is 9.15. The summed E-state index contributed by atoms with van der Waals surface area (Å²) in [6.45, 7) is 0. The summed E-state index contributed by atoms with van der Waals surface area (Å²) in [4.78, 5) is 0. The van der Waals surface area contributed by atoms with Crippen molar-refractivity contribution < 1.29 is 0 Å². The van der Waals surface area contributed by atoms with Crippen molar-refractivity contribution in [1.82, 2.24) is 0 Å². The molecule has 1 aromatic heterocycles. The number of hydrogen-bond acceptors (Lipinski definition) is 2. The van der Waals surface area contributed by atoms with Crippen LogP contribution < -0.4 is 0 Å². The van der Waals surface area contributed by atoms with Crippen LogP contribution in [0.25, 0.3) is 0 Å². The number of hydrogen-bond donors (Lipinski definition) is 0. The predicted octanol–water partition coefficient (Wildman–Crippen LogP) is 3.47. The summed E-state index contributed by atoms with van der Waals surface area (Å²) < 4.78 is 0. The Morgan fingerprint density at radius 3 is 2.62 bits per heavy atom. The van der Waals surface area contributed by atoms with Gasteiger partial charge in [0.15, 0.2) is 0 Å². The standard InChI is InChI=1S/C11H13NS/c12-9-11(5-2-1-3-6-11)10-4-7-13-8-10/h4,7-8H,1-3,5-6H2. The minimum absolute atomic E-state index is 0.141. The van der Waals surface area contributed by atoms with E-state index in [1.165, 1.54) is 24.8 Å². The molecule has 1 aliphatic rings. The highest BCUT2D eigenvalue weighted by Gasteiger charge is 2.33. The van der Waals surface area contributed by atoms with E-state index in [-0.39, 0.29) is 5.41 Å². The van der Waals surface area contributed by atoms with Gasteiger partial charge in [0.1, 0.15) is 0 Å². The second kappa shape index (κ2) is 3.51. The molecular weight excluding hydrogens is 178 g/mol. The lowest BCUT2D eigenvalue weighted by Gasteiger charge is -2.29. The van der Waals surface area contributed by atoms with E-state index in [2.05, 4.69) is 22.9 Å². The van der Waals surface area contributed by atoms with Crippen LogP contribution in [-0.4, -0.2) is 0 Å². The highest BCUT2D eigenvalue weighted by molar-refractivity contribution is 7.08. The molecule has 0 radical (unpaired) electrons. The molecule has 2 rings (SSSR count). The van der Waals surface area contributed by atoms with Crippen LogP contribution in [0.3, 0.4) is 0 Å². The van der Waals surface area contributed by atoms with Crippen LogP contribution in [0, 0.1) is 11.3 Å². The number of rotatable bonds is 1. The Hall–Kier alpha value is -0.810. The fourth-order valence-electron chi connectivity index (χ4n) is 2.16. The van der Waals surface area contributed by atoms with E-state index >= 15 is 0 Å². The molecule has 1 fully saturated rings. The zero-order valence-electron chi connectivity index (χ0n) is 7.62. The summed E-state index contributed by atoms with van der Waals surface area (Å²) in [7, 11) is 0. The fourth-order valence-corrected chi connectivity index (χ4v) is 2.91. The third kappa shape index (κ3) is 1.49. The minimum atomic E-state index is -0.141. The Morgan fingerprint density at radius 2 is 2.08 bits per heavy atom. The molecule has 68 valence electrons. The van der Waals surface area contributed by atoms with E-state index in [4.69, 9.17) is 0 Å². The average Bonchev–Trinajstić information content (AvgIpc) is 2.72. The third-order valence-corrected chi connectivity index (χ3v) is 3.68. The van der Waals surface area contributed by atoms with Gasteiger partial charge in [0.2, 0.25) is 0 Å². The second-order valence-electron chi connectivity index (χ2n) is 3.77. The van der Waals surface area contributed by atoms with E-state index in [1.54, 1.807) is 11.3 Å². The van der Waals surface area contributed by atoms with Gasteiger partial charge >= 0.3 is 0 Å². The molecule has 0 amide bonds.